The van der Waals surface area contributed by atoms with Crippen molar-refractivity contribution >= 4 is 5.69 Å². The third-order valence-electron chi connectivity index (χ3n) is 3.42. The smallest absolute Gasteiger partial charge is 0.270 e. The fourth-order valence-corrected chi connectivity index (χ4v) is 2.40. The van der Waals surface area contributed by atoms with Crippen molar-refractivity contribution in [3.63, 3.8) is 0 Å². The lowest BCUT2D eigenvalue weighted by molar-refractivity contribution is -0.384. The van der Waals surface area contributed by atoms with Gasteiger partial charge in [0.15, 0.2) is 0 Å². The van der Waals surface area contributed by atoms with Gasteiger partial charge in [0.25, 0.3) is 5.69 Å². The summed E-state index contributed by atoms with van der Waals surface area (Å²) >= 11 is 0. The van der Waals surface area contributed by atoms with Crippen LogP contribution in [0, 0.1) is 21.4 Å². The van der Waals surface area contributed by atoms with Gasteiger partial charge >= 0.3 is 0 Å². The average molecular weight is 311 g/mol. The minimum absolute atomic E-state index is 0.0423. The number of hydrogen-bond acceptors (Lipinski definition) is 5. The van der Waals surface area contributed by atoms with Crippen LogP contribution in [0.4, 0.5) is 5.69 Å². The molecule has 0 saturated carbocycles. The maximum Gasteiger partial charge on any atom is 0.270 e. The topological polar surface area (TPSA) is 79.4 Å². The van der Waals surface area contributed by atoms with E-state index in [1.54, 1.807) is 19.2 Å². The van der Waals surface area contributed by atoms with E-state index in [4.69, 9.17) is 10.00 Å². The molecule has 0 radical (unpaired) electrons. The number of rotatable bonds is 6. The maximum atomic E-state index is 10.9. The van der Waals surface area contributed by atoms with E-state index in [1.807, 2.05) is 30.1 Å². The first-order valence-electron chi connectivity index (χ1n) is 7.02. The molecule has 0 spiro atoms. The van der Waals surface area contributed by atoms with E-state index in [0.29, 0.717) is 24.4 Å². The van der Waals surface area contributed by atoms with Crippen molar-refractivity contribution in [2.24, 2.45) is 0 Å². The highest BCUT2D eigenvalue weighted by atomic mass is 16.6. The van der Waals surface area contributed by atoms with Crippen molar-refractivity contribution < 1.29 is 9.66 Å². The summed E-state index contributed by atoms with van der Waals surface area (Å²) in [5.41, 5.74) is 2.42. The highest BCUT2D eigenvalue weighted by Gasteiger charge is 2.13. The van der Waals surface area contributed by atoms with Gasteiger partial charge in [-0.05, 0) is 30.8 Å². The van der Waals surface area contributed by atoms with Gasteiger partial charge in [0.2, 0.25) is 0 Å². The lowest BCUT2D eigenvalue weighted by Gasteiger charge is -2.18. The molecule has 6 nitrogen and oxygen atoms in total. The number of ether oxygens (including phenoxy) is 1. The molecule has 0 saturated heterocycles. The summed E-state index contributed by atoms with van der Waals surface area (Å²) in [6, 6.07) is 14.1. The molecule has 118 valence electrons. The summed E-state index contributed by atoms with van der Waals surface area (Å²) in [6.45, 7) is 1.13. The Balaban J connectivity index is 2.15. The molecule has 0 fully saturated rings. The summed E-state index contributed by atoms with van der Waals surface area (Å²) in [5, 5.41) is 19.9. The van der Waals surface area contributed by atoms with Gasteiger partial charge in [0.05, 0.1) is 23.7 Å². The fourth-order valence-electron chi connectivity index (χ4n) is 2.40. The van der Waals surface area contributed by atoms with Gasteiger partial charge in [0.1, 0.15) is 5.75 Å². The second kappa shape index (κ2) is 7.38. The summed E-state index contributed by atoms with van der Waals surface area (Å²) in [6.07, 6.45) is 0. The highest BCUT2D eigenvalue weighted by molar-refractivity contribution is 5.43. The number of nitriles is 1. The Morgan fingerprint density at radius 2 is 2.04 bits per heavy atom. The molecule has 0 atom stereocenters. The molecule has 0 bridgehead atoms. The van der Waals surface area contributed by atoms with Crippen LogP contribution in [-0.2, 0) is 13.1 Å². The SMILES string of the molecule is COc1ccc([N+](=O)[O-])cc1CN(C)Cc1cccc(C#N)c1. The number of nitro benzene ring substituents is 1. The largest absolute Gasteiger partial charge is 0.496 e. The Kier molecular flexibility index (Phi) is 5.28. The highest BCUT2D eigenvalue weighted by Crippen LogP contribution is 2.25. The minimum atomic E-state index is -0.417. The minimum Gasteiger partial charge on any atom is -0.496 e. The molecule has 0 unspecified atom stereocenters. The van der Waals surface area contributed by atoms with E-state index in [1.165, 1.54) is 12.1 Å². The molecule has 0 amide bonds. The lowest BCUT2D eigenvalue weighted by atomic mass is 10.1. The Hall–Kier alpha value is -2.91. The third-order valence-corrected chi connectivity index (χ3v) is 3.42. The van der Waals surface area contributed by atoms with Crippen LogP contribution in [0.1, 0.15) is 16.7 Å². The molecule has 0 aliphatic carbocycles. The molecular formula is C17H17N3O3. The molecule has 0 heterocycles. The average Bonchev–Trinajstić information content (AvgIpc) is 2.54. The Morgan fingerprint density at radius 3 is 2.70 bits per heavy atom. The molecular weight excluding hydrogens is 294 g/mol. The Labute approximate surface area is 134 Å². The van der Waals surface area contributed by atoms with E-state index in [2.05, 4.69) is 6.07 Å². The summed E-state index contributed by atoms with van der Waals surface area (Å²) in [4.78, 5) is 12.5. The van der Waals surface area contributed by atoms with Crippen molar-refractivity contribution in [2.75, 3.05) is 14.2 Å². The van der Waals surface area contributed by atoms with Gasteiger partial charge in [0, 0.05) is 30.8 Å². The first-order chi connectivity index (χ1) is 11.0. The monoisotopic (exact) mass is 311 g/mol. The maximum absolute atomic E-state index is 10.9. The molecule has 6 heteroatoms. The van der Waals surface area contributed by atoms with Crippen molar-refractivity contribution in [1.29, 1.82) is 5.26 Å². The third kappa shape index (κ3) is 4.28. The van der Waals surface area contributed by atoms with E-state index >= 15 is 0 Å². The van der Waals surface area contributed by atoms with E-state index in [-0.39, 0.29) is 5.69 Å². The van der Waals surface area contributed by atoms with Gasteiger partial charge in [-0.3, -0.25) is 15.0 Å². The summed E-state index contributed by atoms with van der Waals surface area (Å²) < 4.78 is 5.28. The van der Waals surface area contributed by atoms with Gasteiger partial charge in [-0.1, -0.05) is 12.1 Å². The second-order valence-electron chi connectivity index (χ2n) is 5.24. The number of methoxy groups -OCH3 is 1. The van der Waals surface area contributed by atoms with Crippen LogP contribution >= 0.6 is 0 Å². The second-order valence-corrected chi connectivity index (χ2v) is 5.24. The zero-order chi connectivity index (χ0) is 16.8. The van der Waals surface area contributed by atoms with E-state index in [9.17, 15) is 10.1 Å². The number of non-ortho nitro benzene ring substituents is 1. The van der Waals surface area contributed by atoms with Crippen LogP contribution in [0.5, 0.6) is 5.75 Å². The van der Waals surface area contributed by atoms with E-state index < -0.39 is 4.92 Å². The first kappa shape index (κ1) is 16.5. The molecule has 2 aromatic carbocycles. The zero-order valence-electron chi connectivity index (χ0n) is 13.0. The molecule has 0 aliphatic rings. The normalized spacial score (nSPS) is 10.3. The quantitative estimate of drug-likeness (QED) is 0.605. The first-order valence-corrected chi connectivity index (χ1v) is 7.02. The van der Waals surface area contributed by atoms with Crippen LogP contribution < -0.4 is 4.74 Å². The summed E-state index contributed by atoms with van der Waals surface area (Å²) in [7, 11) is 3.46. The number of hydrogen-bond donors (Lipinski definition) is 0. The van der Waals surface area contributed by atoms with Crippen LogP contribution in [0.3, 0.4) is 0 Å². The molecule has 2 aromatic rings. The number of nitrogens with zero attached hydrogens (tertiary/aromatic N) is 3. The molecule has 2 rings (SSSR count). The summed E-state index contributed by atoms with van der Waals surface area (Å²) in [5.74, 6) is 0.619. The van der Waals surface area contributed by atoms with Gasteiger partial charge in [-0.2, -0.15) is 5.26 Å². The lowest BCUT2D eigenvalue weighted by Crippen LogP contribution is -2.18. The predicted molar refractivity (Wildman–Crippen MR) is 86.0 cm³/mol. The number of nitro groups is 1. The molecule has 0 aromatic heterocycles. The van der Waals surface area contributed by atoms with Crippen molar-refractivity contribution in [2.45, 2.75) is 13.1 Å². The number of benzene rings is 2. The van der Waals surface area contributed by atoms with Gasteiger partial charge < -0.3 is 4.74 Å². The molecule has 0 N–H and O–H groups in total. The standard InChI is InChI=1S/C17H17N3O3/c1-19(11-14-5-3-4-13(8-14)10-18)12-15-9-16(20(21)22)6-7-17(15)23-2/h3-9H,11-12H2,1-2H3. The van der Waals surface area contributed by atoms with Gasteiger partial charge in [-0.15, -0.1) is 0 Å². The van der Waals surface area contributed by atoms with Gasteiger partial charge in [-0.25, -0.2) is 0 Å². The van der Waals surface area contributed by atoms with Crippen LogP contribution in [-0.4, -0.2) is 24.0 Å². The Bertz CT molecular complexity index is 753. The predicted octanol–water partition coefficient (Wildman–Crippen LogP) is 3.11. The molecule has 0 aliphatic heterocycles. The van der Waals surface area contributed by atoms with Crippen molar-refractivity contribution in [3.05, 3.63) is 69.3 Å². The zero-order valence-corrected chi connectivity index (χ0v) is 13.0. The van der Waals surface area contributed by atoms with Crippen molar-refractivity contribution in [1.82, 2.24) is 4.90 Å². The van der Waals surface area contributed by atoms with Crippen LogP contribution in [0.15, 0.2) is 42.5 Å². The van der Waals surface area contributed by atoms with E-state index in [0.717, 1.165) is 11.1 Å². The Morgan fingerprint density at radius 1 is 1.26 bits per heavy atom. The van der Waals surface area contributed by atoms with Crippen LogP contribution in [0.25, 0.3) is 0 Å². The fraction of sp³-hybridized carbons (Fsp3) is 0.235. The van der Waals surface area contributed by atoms with Crippen molar-refractivity contribution in [3.8, 4) is 11.8 Å². The van der Waals surface area contributed by atoms with Crippen LogP contribution in [0.2, 0.25) is 0 Å². The molecule has 23 heavy (non-hydrogen) atoms.